The quantitative estimate of drug-likeness (QED) is 0.762. The van der Waals surface area contributed by atoms with Crippen molar-refractivity contribution < 1.29 is 9.18 Å². The minimum absolute atomic E-state index is 0.0799. The monoisotopic (exact) mass is 257 g/mol. The van der Waals surface area contributed by atoms with E-state index in [1.165, 1.54) is 17.0 Å². The van der Waals surface area contributed by atoms with Crippen LogP contribution in [0.25, 0.3) is 0 Å². The van der Waals surface area contributed by atoms with E-state index < -0.39 is 11.4 Å². The molecule has 1 amide bonds. The first kappa shape index (κ1) is 14.0. The maximum absolute atomic E-state index is 13.7. The Morgan fingerprint density at radius 3 is 2.53 bits per heavy atom. The van der Waals surface area contributed by atoms with Crippen molar-refractivity contribution in [3.8, 4) is 0 Å². The average Bonchev–Trinajstić information content (AvgIpc) is 2.27. The molecule has 17 heavy (non-hydrogen) atoms. The molecule has 0 unspecified atom stereocenters. The van der Waals surface area contributed by atoms with Crippen LogP contribution in [-0.2, 0) is 0 Å². The molecule has 1 rings (SSSR count). The van der Waals surface area contributed by atoms with Gasteiger partial charge in [0, 0.05) is 12.9 Å². The highest BCUT2D eigenvalue weighted by Gasteiger charge is 2.28. The lowest BCUT2D eigenvalue weighted by atomic mass is 10.0. The molecule has 0 N–H and O–H groups in total. The van der Waals surface area contributed by atoms with Gasteiger partial charge in [0.15, 0.2) is 0 Å². The first-order valence-corrected chi connectivity index (χ1v) is 5.93. The Bertz CT molecular complexity index is 431. The molecule has 1 aromatic rings. The minimum atomic E-state index is -0.504. The van der Waals surface area contributed by atoms with Crippen LogP contribution in [0, 0.1) is 12.7 Å². The number of carbonyl (C=O) groups excluding carboxylic acids is 1. The summed E-state index contributed by atoms with van der Waals surface area (Å²) >= 11 is 5.80. The summed E-state index contributed by atoms with van der Waals surface area (Å²) in [6.45, 7) is 5.46. The second-order valence-electron chi connectivity index (χ2n) is 4.79. The molecule has 0 atom stereocenters. The van der Waals surface area contributed by atoms with Gasteiger partial charge in [-0.1, -0.05) is 6.07 Å². The smallest absolute Gasteiger partial charge is 0.257 e. The lowest BCUT2D eigenvalue weighted by molar-refractivity contribution is 0.0655. The number of rotatable bonds is 3. The molecule has 1 aromatic carbocycles. The molecule has 94 valence electrons. The van der Waals surface area contributed by atoms with Gasteiger partial charge in [0.25, 0.3) is 5.91 Å². The van der Waals surface area contributed by atoms with Gasteiger partial charge in [-0.15, -0.1) is 11.6 Å². The molecule has 4 heteroatoms. The van der Waals surface area contributed by atoms with Crippen molar-refractivity contribution in [1.29, 1.82) is 0 Å². The molecular weight excluding hydrogens is 241 g/mol. The predicted octanol–water partition coefficient (Wildman–Crippen LogP) is 3.22. The molecule has 0 radical (unpaired) electrons. The molecule has 0 aliphatic heterocycles. The summed E-state index contributed by atoms with van der Waals surface area (Å²) < 4.78 is 13.7. The highest BCUT2D eigenvalue weighted by atomic mass is 35.5. The highest BCUT2D eigenvalue weighted by molar-refractivity contribution is 6.18. The van der Waals surface area contributed by atoms with Crippen LogP contribution >= 0.6 is 11.6 Å². The Balaban J connectivity index is 3.05. The van der Waals surface area contributed by atoms with Crippen LogP contribution < -0.4 is 0 Å². The zero-order valence-corrected chi connectivity index (χ0v) is 11.3. The van der Waals surface area contributed by atoms with Gasteiger partial charge in [-0.25, -0.2) is 4.39 Å². The number of hydrogen-bond donors (Lipinski definition) is 0. The Kier molecular flexibility index (Phi) is 4.15. The first-order valence-electron chi connectivity index (χ1n) is 5.40. The van der Waals surface area contributed by atoms with Gasteiger partial charge in [0.1, 0.15) is 5.82 Å². The number of alkyl halides is 1. The van der Waals surface area contributed by atoms with E-state index in [1.807, 2.05) is 13.8 Å². The summed E-state index contributed by atoms with van der Waals surface area (Å²) in [6.07, 6.45) is 0. The summed E-state index contributed by atoms with van der Waals surface area (Å²) in [7, 11) is 1.63. The van der Waals surface area contributed by atoms with E-state index in [4.69, 9.17) is 11.6 Å². The van der Waals surface area contributed by atoms with Gasteiger partial charge in [-0.2, -0.15) is 0 Å². The van der Waals surface area contributed by atoms with Crippen LogP contribution in [0.2, 0.25) is 0 Å². The molecule has 2 nitrogen and oxygen atoms in total. The van der Waals surface area contributed by atoms with Crippen LogP contribution in [0.5, 0.6) is 0 Å². The molecule has 0 aliphatic carbocycles. The fraction of sp³-hybridized carbons (Fsp3) is 0.462. The van der Waals surface area contributed by atoms with Crippen molar-refractivity contribution in [3.05, 3.63) is 35.1 Å². The van der Waals surface area contributed by atoms with Crippen LogP contribution in [-0.4, -0.2) is 29.3 Å². The second kappa shape index (κ2) is 5.05. The van der Waals surface area contributed by atoms with E-state index in [-0.39, 0.29) is 11.5 Å². The van der Waals surface area contributed by atoms with E-state index in [0.717, 1.165) is 5.56 Å². The fourth-order valence-corrected chi connectivity index (χ4v) is 1.52. The van der Waals surface area contributed by atoms with Crippen molar-refractivity contribution >= 4 is 17.5 Å². The van der Waals surface area contributed by atoms with E-state index in [1.54, 1.807) is 20.0 Å². The molecule has 0 saturated heterocycles. The van der Waals surface area contributed by atoms with Gasteiger partial charge in [0.2, 0.25) is 0 Å². The van der Waals surface area contributed by atoms with E-state index in [0.29, 0.717) is 5.88 Å². The summed E-state index contributed by atoms with van der Waals surface area (Å²) in [5.74, 6) is -0.553. The van der Waals surface area contributed by atoms with Gasteiger partial charge < -0.3 is 4.90 Å². The summed E-state index contributed by atoms with van der Waals surface area (Å²) in [4.78, 5) is 13.6. The van der Waals surface area contributed by atoms with Gasteiger partial charge in [-0.05, 0) is 38.5 Å². The van der Waals surface area contributed by atoms with Gasteiger partial charge >= 0.3 is 0 Å². The van der Waals surface area contributed by atoms with Crippen molar-refractivity contribution in [2.24, 2.45) is 0 Å². The van der Waals surface area contributed by atoms with E-state index in [2.05, 4.69) is 0 Å². The lowest BCUT2D eigenvalue weighted by Crippen LogP contribution is -2.46. The Morgan fingerprint density at radius 2 is 2.06 bits per heavy atom. The van der Waals surface area contributed by atoms with Gasteiger partial charge in [-0.3, -0.25) is 4.79 Å². The van der Waals surface area contributed by atoms with Crippen molar-refractivity contribution in [1.82, 2.24) is 4.90 Å². The zero-order chi connectivity index (χ0) is 13.2. The number of aryl methyl sites for hydroxylation is 1. The Labute approximate surface area is 106 Å². The fourth-order valence-electron chi connectivity index (χ4n) is 1.34. The normalized spacial score (nSPS) is 11.4. The second-order valence-corrected chi connectivity index (χ2v) is 5.06. The summed E-state index contributed by atoms with van der Waals surface area (Å²) in [5, 5.41) is 0. The molecule has 0 aliphatic rings. The number of nitrogens with zero attached hydrogens (tertiary/aromatic N) is 1. The summed E-state index contributed by atoms with van der Waals surface area (Å²) in [5.41, 5.74) is 0.366. The SMILES string of the molecule is Cc1ccc(C(=O)N(C)C(C)(C)CCl)c(F)c1. The highest BCUT2D eigenvalue weighted by Crippen LogP contribution is 2.19. The van der Waals surface area contributed by atoms with Crippen molar-refractivity contribution in [2.45, 2.75) is 26.3 Å². The molecule has 0 spiro atoms. The van der Waals surface area contributed by atoms with Crippen LogP contribution in [0.4, 0.5) is 4.39 Å². The lowest BCUT2D eigenvalue weighted by Gasteiger charge is -2.34. The molecule has 0 saturated carbocycles. The molecular formula is C13H17ClFNO. The Hall–Kier alpha value is -1.09. The minimum Gasteiger partial charge on any atom is -0.335 e. The van der Waals surface area contributed by atoms with E-state index in [9.17, 15) is 9.18 Å². The number of carbonyl (C=O) groups is 1. The van der Waals surface area contributed by atoms with Crippen LogP contribution in [0.1, 0.15) is 29.8 Å². The number of halogens is 2. The largest absolute Gasteiger partial charge is 0.335 e. The first-order chi connectivity index (χ1) is 7.79. The van der Waals surface area contributed by atoms with Crippen molar-refractivity contribution in [3.63, 3.8) is 0 Å². The summed E-state index contributed by atoms with van der Waals surface area (Å²) in [6, 6.07) is 4.58. The molecule has 0 fully saturated rings. The van der Waals surface area contributed by atoms with Crippen molar-refractivity contribution in [2.75, 3.05) is 12.9 Å². The Morgan fingerprint density at radius 1 is 1.47 bits per heavy atom. The maximum Gasteiger partial charge on any atom is 0.257 e. The maximum atomic E-state index is 13.7. The molecule has 0 bridgehead atoms. The number of benzene rings is 1. The standard InChI is InChI=1S/C13H17ClFNO/c1-9-5-6-10(11(15)7-9)12(17)16(4)13(2,3)8-14/h5-7H,8H2,1-4H3. The van der Waals surface area contributed by atoms with Gasteiger partial charge in [0.05, 0.1) is 11.1 Å². The third kappa shape index (κ3) is 2.97. The molecule has 0 aromatic heterocycles. The number of hydrogen-bond acceptors (Lipinski definition) is 1. The van der Waals surface area contributed by atoms with Crippen LogP contribution in [0.3, 0.4) is 0 Å². The molecule has 0 heterocycles. The number of amides is 1. The third-order valence-electron chi connectivity index (χ3n) is 2.89. The third-order valence-corrected chi connectivity index (χ3v) is 3.55. The zero-order valence-electron chi connectivity index (χ0n) is 10.6. The average molecular weight is 258 g/mol. The topological polar surface area (TPSA) is 20.3 Å². The predicted molar refractivity (Wildman–Crippen MR) is 68.0 cm³/mol. The van der Waals surface area contributed by atoms with E-state index >= 15 is 0 Å². The van der Waals surface area contributed by atoms with Crippen LogP contribution in [0.15, 0.2) is 18.2 Å².